The van der Waals surface area contributed by atoms with E-state index in [0.29, 0.717) is 12.2 Å². The molecule has 0 bridgehead atoms. The van der Waals surface area contributed by atoms with Crippen LogP contribution in [-0.4, -0.2) is 35.5 Å². The molecule has 1 amide bonds. The second kappa shape index (κ2) is 5.27. The van der Waals surface area contributed by atoms with Crippen LogP contribution in [-0.2, 0) is 11.3 Å². The number of benzene rings is 1. The highest BCUT2D eigenvalue weighted by molar-refractivity contribution is 5.81. The summed E-state index contributed by atoms with van der Waals surface area (Å²) in [6.07, 6.45) is 1.86. The molecule has 1 heterocycles. The number of likely N-dealkylation sites (N-methyl/N-ethyl adjacent to an activating group) is 1. The smallest absolute Gasteiger partial charge is 0.237 e. The van der Waals surface area contributed by atoms with Crippen molar-refractivity contribution < 1.29 is 9.90 Å². The number of hydrogen-bond acceptors (Lipinski definition) is 4. The van der Waals surface area contributed by atoms with Gasteiger partial charge >= 0.3 is 0 Å². The van der Waals surface area contributed by atoms with Gasteiger partial charge in [0.2, 0.25) is 5.91 Å². The standard InChI is InChI=1S/C13H19N3O2/c1-15-13(18)11-3-2-6-16(11)8-9-7-10(14)4-5-12(9)17/h4-5,7,11,17H,2-3,6,8,14H2,1H3,(H,15,18). The number of nitrogen functional groups attached to an aromatic ring is 1. The maximum atomic E-state index is 11.7. The van der Waals surface area contributed by atoms with E-state index in [2.05, 4.69) is 10.2 Å². The molecule has 1 aromatic carbocycles. The molecule has 1 aromatic rings. The number of phenolic OH excluding ortho intramolecular Hbond substituents is 1. The summed E-state index contributed by atoms with van der Waals surface area (Å²) in [4.78, 5) is 13.8. The molecule has 0 saturated carbocycles. The highest BCUT2D eigenvalue weighted by atomic mass is 16.3. The van der Waals surface area contributed by atoms with Crippen LogP contribution in [0.5, 0.6) is 5.75 Å². The van der Waals surface area contributed by atoms with Crippen molar-refractivity contribution in [2.24, 2.45) is 0 Å². The second-order valence-corrected chi connectivity index (χ2v) is 4.63. The number of rotatable bonds is 3. The molecule has 98 valence electrons. The molecule has 1 saturated heterocycles. The first-order valence-corrected chi connectivity index (χ1v) is 6.15. The third kappa shape index (κ3) is 2.56. The molecule has 0 aliphatic carbocycles. The van der Waals surface area contributed by atoms with Gasteiger partial charge in [-0.15, -0.1) is 0 Å². The Hall–Kier alpha value is -1.75. The quantitative estimate of drug-likeness (QED) is 0.544. The van der Waals surface area contributed by atoms with Gasteiger partial charge in [0.25, 0.3) is 0 Å². The lowest BCUT2D eigenvalue weighted by molar-refractivity contribution is -0.125. The first kappa shape index (κ1) is 12.7. The van der Waals surface area contributed by atoms with Crippen LogP contribution >= 0.6 is 0 Å². The van der Waals surface area contributed by atoms with E-state index >= 15 is 0 Å². The number of carbonyl (C=O) groups excluding carboxylic acids is 1. The number of aromatic hydroxyl groups is 1. The van der Waals surface area contributed by atoms with E-state index in [1.807, 2.05) is 0 Å². The van der Waals surface area contributed by atoms with E-state index in [9.17, 15) is 9.90 Å². The van der Waals surface area contributed by atoms with Gasteiger partial charge in [-0.3, -0.25) is 9.69 Å². The first-order valence-electron chi connectivity index (χ1n) is 6.15. The molecular formula is C13H19N3O2. The van der Waals surface area contributed by atoms with Crippen LogP contribution < -0.4 is 11.1 Å². The average Bonchev–Trinajstić information content (AvgIpc) is 2.81. The fourth-order valence-electron chi connectivity index (χ4n) is 2.43. The van der Waals surface area contributed by atoms with Crippen molar-refractivity contribution in [3.05, 3.63) is 23.8 Å². The van der Waals surface area contributed by atoms with E-state index < -0.39 is 0 Å². The summed E-state index contributed by atoms with van der Waals surface area (Å²) in [6.45, 7) is 1.42. The van der Waals surface area contributed by atoms with Crippen molar-refractivity contribution in [2.75, 3.05) is 19.3 Å². The Balaban J connectivity index is 2.13. The van der Waals surface area contributed by atoms with Gasteiger partial charge < -0.3 is 16.2 Å². The molecule has 5 nitrogen and oxygen atoms in total. The zero-order valence-corrected chi connectivity index (χ0v) is 10.5. The summed E-state index contributed by atoms with van der Waals surface area (Å²) in [5, 5.41) is 12.5. The normalized spacial score (nSPS) is 19.9. The molecule has 0 radical (unpaired) electrons. The van der Waals surface area contributed by atoms with E-state index in [0.717, 1.165) is 24.9 Å². The van der Waals surface area contributed by atoms with Crippen molar-refractivity contribution in [3.63, 3.8) is 0 Å². The van der Waals surface area contributed by atoms with Crippen molar-refractivity contribution in [1.29, 1.82) is 0 Å². The number of anilines is 1. The zero-order chi connectivity index (χ0) is 13.1. The molecule has 5 heteroatoms. The molecule has 1 aliphatic heterocycles. The highest BCUT2D eigenvalue weighted by Gasteiger charge is 2.30. The van der Waals surface area contributed by atoms with Crippen molar-refractivity contribution in [3.8, 4) is 5.75 Å². The average molecular weight is 249 g/mol. The first-order chi connectivity index (χ1) is 8.61. The number of phenols is 1. The molecule has 0 aromatic heterocycles. The van der Waals surface area contributed by atoms with E-state index in [4.69, 9.17) is 5.73 Å². The number of nitrogens with one attached hydrogen (secondary N) is 1. The Morgan fingerprint density at radius 1 is 1.61 bits per heavy atom. The molecule has 1 atom stereocenters. The minimum absolute atomic E-state index is 0.0379. The van der Waals surface area contributed by atoms with Crippen LogP contribution in [0.3, 0.4) is 0 Å². The third-order valence-electron chi connectivity index (χ3n) is 3.39. The maximum Gasteiger partial charge on any atom is 0.237 e. The van der Waals surface area contributed by atoms with Crippen molar-refractivity contribution in [2.45, 2.75) is 25.4 Å². The summed E-state index contributed by atoms with van der Waals surface area (Å²) in [6, 6.07) is 4.92. The minimum Gasteiger partial charge on any atom is -0.508 e. The fraction of sp³-hybridized carbons (Fsp3) is 0.462. The van der Waals surface area contributed by atoms with Gasteiger partial charge in [-0.05, 0) is 37.6 Å². The van der Waals surface area contributed by atoms with Gasteiger partial charge in [-0.1, -0.05) is 0 Å². The van der Waals surface area contributed by atoms with Crippen LogP contribution in [0, 0.1) is 0 Å². The number of carbonyl (C=O) groups is 1. The van der Waals surface area contributed by atoms with Gasteiger partial charge in [0.15, 0.2) is 0 Å². The van der Waals surface area contributed by atoms with Gasteiger partial charge in [0, 0.05) is 24.8 Å². The Morgan fingerprint density at radius 2 is 2.39 bits per heavy atom. The molecular weight excluding hydrogens is 230 g/mol. The number of nitrogens with two attached hydrogens (primary N) is 1. The summed E-state index contributed by atoms with van der Waals surface area (Å²) >= 11 is 0. The van der Waals surface area contributed by atoms with Gasteiger partial charge in [-0.2, -0.15) is 0 Å². The minimum atomic E-state index is -0.101. The molecule has 2 rings (SSSR count). The van der Waals surface area contributed by atoms with Crippen molar-refractivity contribution in [1.82, 2.24) is 10.2 Å². The van der Waals surface area contributed by atoms with Crippen LogP contribution in [0.2, 0.25) is 0 Å². The highest BCUT2D eigenvalue weighted by Crippen LogP contribution is 2.25. The lowest BCUT2D eigenvalue weighted by atomic mass is 10.1. The number of nitrogens with zero attached hydrogens (tertiary/aromatic N) is 1. The predicted molar refractivity (Wildman–Crippen MR) is 70.0 cm³/mol. The Labute approximate surface area is 107 Å². The lowest BCUT2D eigenvalue weighted by Crippen LogP contribution is -2.41. The van der Waals surface area contributed by atoms with Crippen LogP contribution in [0.15, 0.2) is 18.2 Å². The van der Waals surface area contributed by atoms with Gasteiger partial charge in [-0.25, -0.2) is 0 Å². The predicted octanol–water partition coefficient (Wildman–Crippen LogP) is 0.685. The number of hydrogen-bond donors (Lipinski definition) is 3. The van der Waals surface area contributed by atoms with Gasteiger partial charge in [0.1, 0.15) is 5.75 Å². The van der Waals surface area contributed by atoms with Crippen LogP contribution in [0.4, 0.5) is 5.69 Å². The van der Waals surface area contributed by atoms with E-state index in [1.165, 1.54) is 0 Å². The Bertz CT molecular complexity index is 448. The topological polar surface area (TPSA) is 78.6 Å². The Morgan fingerprint density at radius 3 is 3.11 bits per heavy atom. The molecule has 1 fully saturated rings. The molecule has 1 aliphatic rings. The van der Waals surface area contributed by atoms with E-state index in [-0.39, 0.29) is 17.7 Å². The summed E-state index contributed by atoms with van der Waals surface area (Å²) in [7, 11) is 1.65. The third-order valence-corrected chi connectivity index (χ3v) is 3.39. The largest absolute Gasteiger partial charge is 0.508 e. The van der Waals surface area contributed by atoms with Crippen LogP contribution in [0.1, 0.15) is 18.4 Å². The Kier molecular flexibility index (Phi) is 3.72. The SMILES string of the molecule is CNC(=O)C1CCCN1Cc1cc(N)ccc1O. The molecule has 4 N–H and O–H groups in total. The number of amides is 1. The lowest BCUT2D eigenvalue weighted by Gasteiger charge is -2.23. The number of likely N-dealkylation sites (tertiary alicyclic amines) is 1. The van der Waals surface area contributed by atoms with E-state index in [1.54, 1.807) is 25.2 Å². The summed E-state index contributed by atoms with van der Waals surface area (Å²) in [5.41, 5.74) is 7.11. The van der Waals surface area contributed by atoms with Crippen molar-refractivity contribution >= 4 is 11.6 Å². The fourth-order valence-corrected chi connectivity index (χ4v) is 2.43. The van der Waals surface area contributed by atoms with Crippen LogP contribution in [0.25, 0.3) is 0 Å². The summed E-state index contributed by atoms with van der Waals surface area (Å²) in [5.74, 6) is 0.266. The molecule has 18 heavy (non-hydrogen) atoms. The molecule has 0 spiro atoms. The zero-order valence-electron chi connectivity index (χ0n) is 10.5. The van der Waals surface area contributed by atoms with Gasteiger partial charge in [0.05, 0.1) is 6.04 Å². The maximum absolute atomic E-state index is 11.7. The monoisotopic (exact) mass is 249 g/mol. The molecule has 1 unspecified atom stereocenters. The second-order valence-electron chi connectivity index (χ2n) is 4.63. The summed E-state index contributed by atoms with van der Waals surface area (Å²) < 4.78 is 0.